The lowest BCUT2D eigenvalue weighted by atomic mass is 9.96. The number of rotatable bonds is 5. The summed E-state index contributed by atoms with van der Waals surface area (Å²) in [4.78, 5) is 0. The molecule has 1 fully saturated rings. The lowest BCUT2D eigenvalue weighted by Crippen LogP contribution is -2.42. The van der Waals surface area contributed by atoms with Gasteiger partial charge in [0.05, 0.1) is 19.8 Å². The van der Waals surface area contributed by atoms with Gasteiger partial charge in [-0.25, -0.2) is 0 Å². The lowest BCUT2D eigenvalue weighted by molar-refractivity contribution is -0.0911. The Balaban J connectivity index is 1.96. The molecule has 2 aromatic rings. The van der Waals surface area contributed by atoms with Crippen LogP contribution in [-0.4, -0.2) is 44.1 Å². The molecule has 2 atom stereocenters. The molecule has 2 N–H and O–H groups in total. The second-order valence-electron chi connectivity index (χ2n) is 5.20. The van der Waals surface area contributed by atoms with Gasteiger partial charge in [0, 0.05) is 13.1 Å². The lowest BCUT2D eigenvalue weighted by Gasteiger charge is -2.31. The molecule has 4 nitrogen and oxygen atoms in total. The van der Waals surface area contributed by atoms with Crippen molar-refractivity contribution >= 4 is 10.8 Å². The van der Waals surface area contributed by atoms with Crippen molar-refractivity contribution in [3.05, 3.63) is 48.0 Å². The van der Waals surface area contributed by atoms with Crippen LogP contribution in [0.1, 0.15) is 11.7 Å². The number of morpholine rings is 1. The average Bonchev–Trinajstić information content (AvgIpc) is 2.56. The van der Waals surface area contributed by atoms with Crippen molar-refractivity contribution in [2.75, 3.05) is 32.9 Å². The maximum atomic E-state index is 9.09. The summed E-state index contributed by atoms with van der Waals surface area (Å²) in [6.07, 6.45) is -0.202. The molecule has 1 heterocycles. The Hall–Kier alpha value is -1.46. The zero-order valence-corrected chi connectivity index (χ0v) is 12.0. The van der Waals surface area contributed by atoms with Gasteiger partial charge in [-0.05, 0) is 16.3 Å². The molecule has 0 radical (unpaired) electrons. The zero-order valence-electron chi connectivity index (χ0n) is 12.0. The normalized spacial score (nSPS) is 20.5. The Bertz CT molecular complexity index is 576. The molecule has 0 saturated carbocycles. The standard InChI is InChI=1S/C17H21NO3/c19-9-11-21-17(16-12-18-8-10-20-16)15-7-3-5-13-4-1-2-6-14(13)15/h1-7,16-19H,8-12H2. The molecule has 0 spiro atoms. The van der Waals surface area contributed by atoms with Gasteiger partial charge in [0.15, 0.2) is 0 Å². The predicted molar refractivity (Wildman–Crippen MR) is 82.3 cm³/mol. The van der Waals surface area contributed by atoms with Crippen LogP contribution in [0.5, 0.6) is 0 Å². The van der Waals surface area contributed by atoms with E-state index >= 15 is 0 Å². The van der Waals surface area contributed by atoms with Crippen LogP contribution < -0.4 is 5.32 Å². The summed E-state index contributed by atoms with van der Waals surface area (Å²) in [5, 5.41) is 14.8. The molecule has 3 rings (SSSR count). The van der Waals surface area contributed by atoms with Crippen LogP contribution >= 0.6 is 0 Å². The smallest absolute Gasteiger partial charge is 0.111 e. The summed E-state index contributed by atoms with van der Waals surface area (Å²) in [7, 11) is 0. The number of hydrogen-bond donors (Lipinski definition) is 2. The van der Waals surface area contributed by atoms with Gasteiger partial charge in [-0.1, -0.05) is 42.5 Å². The molecule has 21 heavy (non-hydrogen) atoms. The van der Waals surface area contributed by atoms with Crippen molar-refractivity contribution in [3.63, 3.8) is 0 Å². The Kier molecular flexibility index (Phi) is 4.83. The largest absolute Gasteiger partial charge is 0.394 e. The minimum atomic E-state index is -0.170. The van der Waals surface area contributed by atoms with Gasteiger partial charge in [-0.3, -0.25) is 0 Å². The molecule has 1 aliphatic rings. The Morgan fingerprint density at radius 3 is 2.90 bits per heavy atom. The topological polar surface area (TPSA) is 50.7 Å². The third-order valence-electron chi connectivity index (χ3n) is 3.81. The van der Waals surface area contributed by atoms with E-state index < -0.39 is 0 Å². The molecular formula is C17H21NO3. The summed E-state index contributed by atoms with van der Waals surface area (Å²) in [6.45, 7) is 2.65. The van der Waals surface area contributed by atoms with Crippen molar-refractivity contribution in [1.29, 1.82) is 0 Å². The highest BCUT2D eigenvalue weighted by atomic mass is 16.5. The quantitative estimate of drug-likeness (QED) is 0.881. The number of benzene rings is 2. The molecular weight excluding hydrogens is 266 g/mol. The highest BCUT2D eigenvalue weighted by Crippen LogP contribution is 2.30. The minimum absolute atomic E-state index is 0.0153. The van der Waals surface area contributed by atoms with E-state index in [0.29, 0.717) is 13.2 Å². The predicted octanol–water partition coefficient (Wildman–Crippen LogP) is 1.88. The fraction of sp³-hybridized carbons (Fsp3) is 0.412. The molecule has 1 aliphatic heterocycles. The molecule has 0 aromatic heterocycles. The van der Waals surface area contributed by atoms with E-state index in [4.69, 9.17) is 14.6 Å². The summed E-state index contributed by atoms with van der Waals surface area (Å²) < 4.78 is 11.8. The van der Waals surface area contributed by atoms with E-state index in [-0.39, 0.29) is 18.8 Å². The van der Waals surface area contributed by atoms with Gasteiger partial charge in [0.1, 0.15) is 12.2 Å². The maximum absolute atomic E-state index is 9.09. The van der Waals surface area contributed by atoms with Gasteiger partial charge in [0.2, 0.25) is 0 Å². The fourth-order valence-corrected chi connectivity index (χ4v) is 2.86. The van der Waals surface area contributed by atoms with Crippen molar-refractivity contribution in [3.8, 4) is 0 Å². The molecule has 0 amide bonds. The monoisotopic (exact) mass is 287 g/mol. The number of ether oxygens (including phenoxy) is 2. The maximum Gasteiger partial charge on any atom is 0.111 e. The van der Waals surface area contributed by atoms with Crippen molar-refractivity contribution < 1.29 is 14.6 Å². The van der Waals surface area contributed by atoms with E-state index in [1.54, 1.807) is 0 Å². The van der Waals surface area contributed by atoms with Gasteiger partial charge < -0.3 is 19.9 Å². The number of hydrogen-bond acceptors (Lipinski definition) is 4. The van der Waals surface area contributed by atoms with Crippen LogP contribution in [0.25, 0.3) is 10.8 Å². The fourth-order valence-electron chi connectivity index (χ4n) is 2.86. The number of aliphatic hydroxyl groups is 1. The summed E-state index contributed by atoms with van der Waals surface area (Å²) in [5.74, 6) is 0. The third kappa shape index (κ3) is 3.24. The molecule has 4 heteroatoms. The molecule has 0 bridgehead atoms. The highest BCUT2D eigenvalue weighted by Gasteiger charge is 2.27. The van der Waals surface area contributed by atoms with E-state index in [1.807, 2.05) is 18.2 Å². The first kappa shape index (κ1) is 14.5. The summed E-state index contributed by atoms with van der Waals surface area (Å²) in [6, 6.07) is 14.5. The zero-order chi connectivity index (χ0) is 14.5. The molecule has 1 saturated heterocycles. The van der Waals surface area contributed by atoms with Gasteiger partial charge in [-0.15, -0.1) is 0 Å². The first-order chi connectivity index (χ1) is 10.4. The first-order valence-corrected chi connectivity index (χ1v) is 7.42. The van der Waals surface area contributed by atoms with E-state index in [2.05, 4.69) is 29.6 Å². The second-order valence-corrected chi connectivity index (χ2v) is 5.20. The highest BCUT2D eigenvalue weighted by molar-refractivity contribution is 5.86. The molecule has 0 aliphatic carbocycles. The van der Waals surface area contributed by atoms with Gasteiger partial charge in [-0.2, -0.15) is 0 Å². The first-order valence-electron chi connectivity index (χ1n) is 7.42. The summed E-state index contributed by atoms with van der Waals surface area (Å²) >= 11 is 0. The third-order valence-corrected chi connectivity index (χ3v) is 3.81. The van der Waals surface area contributed by atoms with Crippen molar-refractivity contribution in [2.45, 2.75) is 12.2 Å². The van der Waals surface area contributed by atoms with Crippen molar-refractivity contribution in [1.82, 2.24) is 5.32 Å². The molecule has 2 aromatic carbocycles. The SMILES string of the molecule is OCCOC(c1cccc2ccccc12)C1CNCCO1. The second kappa shape index (κ2) is 7.00. The van der Waals surface area contributed by atoms with Gasteiger partial charge >= 0.3 is 0 Å². The molecule has 2 unspecified atom stereocenters. The van der Waals surface area contributed by atoms with Crippen molar-refractivity contribution in [2.24, 2.45) is 0 Å². The Morgan fingerprint density at radius 1 is 1.24 bits per heavy atom. The van der Waals surface area contributed by atoms with Crippen LogP contribution in [0.4, 0.5) is 0 Å². The van der Waals surface area contributed by atoms with E-state index in [9.17, 15) is 0 Å². The van der Waals surface area contributed by atoms with Crippen LogP contribution in [0.15, 0.2) is 42.5 Å². The van der Waals surface area contributed by atoms with Gasteiger partial charge in [0.25, 0.3) is 0 Å². The van der Waals surface area contributed by atoms with E-state index in [0.717, 1.165) is 18.7 Å². The van der Waals surface area contributed by atoms with Crippen LogP contribution in [-0.2, 0) is 9.47 Å². The van der Waals surface area contributed by atoms with Crippen LogP contribution in [0.2, 0.25) is 0 Å². The Labute approximate surface area is 124 Å². The number of nitrogens with one attached hydrogen (secondary N) is 1. The van der Waals surface area contributed by atoms with E-state index in [1.165, 1.54) is 10.8 Å². The Morgan fingerprint density at radius 2 is 2.10 bits per heavy atom. The van der Waals surface area contributed by atoms with Crippen LogP contribution in [0.3, 0.4) is 0 Å². The van der Waals surface area contributed by atoms with Crippen LogP contribution in [0, 0.1) is 0 Å². The summed E-state index contributed by atoms with van der Waals surface area (Å²) in [5.41, 5.74) is 1.12. The minimum Gasteiger partial charge on any atom is -0.394 e. The number of fused-ring (bicyclic) bond motifs is 1. The number of aliphatic hydroxyl groups excluding tert-OH is 1. The average molecular weight is 287 g/mol. The molecule has 112 valence electrons.